The zero-order valence-electron chi connectivity index (χ0n) is 52.2. The molecule has 0 saturated carbocycles. The number of aliphatic hydroxyl groups excluding tert-OH is 1. The molecular formula is C62H120O17P2. The third-order valence-electron chi connectivity index (χ3n) is 14.1. The lowest BCUT2D eigenvalue weighted by Gasteiger charge is -2.21. The van der Waals surface area contributed by atoms with Crippen molar-refractivity contribution in [3.63, 3.8) is 0 Å². The van der Waals surface area contributed by atoms with Gasteiger partial charge in [-0.25, -0.2) is 9.13 Å². The van der Waals surface area contributed by atoms with E-state index in [1.54, 1.807) is 0 Å². The number of phosphoric ester groups is 2. The Bertz CT molecular complexity index is 1610. The minimum Gasteiger partial charge on any atom is -0.462 e. The smallest absolute Gasteiger partial charge is 0.462 e. The lowest BCUT2D eigenvalue weighted by atomic mass is 10.0. The van der Waals surface area contributed by atoms with Crippen molar-refractivity contribution in [2.45, 2.75) is 317 Å². The highest BCUT2D eigenvalue weighted by Crippen LogP contribution is 2.45. The zero-order chi connectivity index (χ0) is 60.3. The molecule has 0 aromatic heterocycles. The fourth-order valence-corrected chi connectivity index (χ4v) is 10.7. The standard InChI is InChI=1S/C62H120O17P2/c1-8-9-10-11-12-13-22-29-36-43-59(64)72-50-58(79-62(67)46-39-32-25-18-21-28-35-42-55(6)7)52-77-81(70,71)75-48-56(63)47-74-80(68,69)76-51-57(78-61(66)45-38-31-24-17-15-20-27-34-41-54(4)5)49-73-60(65)44-37-30-23-16-14-19-26-33-40-53(2)3/h53-58,63H,8-52H2,1-7H3,(H,68,69)(H,70,71)/t56-,57-,58-/m1/s1. The van der Waals surface area contributed by atoms with Gasteiger partial charge in [0.15, 0.2) is 12.2 Å². The summed E-state index contributed by atoms with van der Waals surface area (Å²) in [4.78, 5) is 72.1. The first kappa shape index (κ1) is 79.1. The first-order valence-corrected chi connectivity index (χ1v) is 35.3. The van der Waals surface area contributed by atoms with Gasteiger partial charge in [-0.2, -0.15) is 0 Å². The largest absolute Gasteiger partial charge is 0.472 e. The summed E-state index contributed by atoms with van der Waals surface area (Å²) in [7, 11) is -9.88. The summed E-state index contributed by atoms with van der Waals surface area (Å²) < 4.78 is 67.9. The highest BCUT2D eigenvalue weighted by Gasteiger charge is 2.30. The quantitative estimate of drug-likeness (QED) is 0.0222. The first-order valence-electron chi connectivity index (χ1n) is 32.3. The van der Waals surface area contributed by atoms with Gasteiger partial charge in [-0.15, -0.1) is 0 Å². The SMILES string of the molecule is CCCCCCCCCCCC(=O)OC[C@H](COP(=O)(O)OC[C@H](O)COP(=O)(O)OC[C@@H](COC(=O)CCCCCCCCCCC(C)C)OC(=O)CCCCCCCCCCC(C)C)OC(=O)CCCCCCCCCC(C)C. The Kier molecular flexibility index (Phi) is 52.2. The van der Waals surface area contributed by atoms with Crippen LogP contribution < -0.4 is 0 Å². The number of hydrogen-bond donors (Lipinski definition) is 3. The summed E-state index contributed by atoms with van der Waals surface area (Å²) in [5.41, 5.74) is 0. The number of carbonyl (C=O) groups is 4. The van der Waals surface area contributed by atoms with Crippen molar-refractivity contribution in [1.29, 1.82) is 0 Å². The van der Waals surface area contributed by atoms with Gasteiger partial charge < -0.3 is 33.8 Å². The van der Waals surface area contributed by atoms with Crippen LogP contribution in [0.1, 0.15) is 299 Å². The maximum Gasteiger partial charge on any atom is 0.472 e. The molecule has 0 aliphatic carbocycles. The minimum absolute atomic E-state index is 0.103. The third kappa shape index (κ3) is 56.9. The van der Waals surface area contributed by atoms with Gasteiger partial charge in [0.2, 0.25) is 0 Å². The fraction of sp³-hybridized carbons (Fsp3) is 0.935. The van der Waals surface area contributed by atoms with E-state index in [1.165, 1.54) is 109 Å². The van der Waals surface area contributed by atoms with Crippen molar-refractivity contribution < 1.29 is 80.2 Å². The van der Waals surface area contributed by atoms with Gasteiger partial charge in [0.05, 0.1) is 26.4 Å². The minimum atomic E-state index is -4.94. The number of carbonyl (C=O) groups excluding carboxylic acids is 4. The molecule has 0 aliphatic rings. The van der Waals surface area contributed by atoms with Crippen LogP contribution in [0.15, 0.2) is 0 Å². The maximum absolute atomic E-state index is 12.9. The van der Waals surface area contributed by atoms with Gasteiger partial charge in [-0.1, -0.05) is 248 Å². The Morgan fingerprint density at radius 3 is 0.840 bits per heavy atom. The average Bonchev–Trinajstić information content (AvgIpc) is 3.41. The van der Waals surface area contributed by atoms with Crippen LogP contribution in [0.5, 0.6) is 0 Å². The van der Waals surface area contributed by atoms with E-state index in [-0.39, 0.29) is 25.7 Å². The molecule has 0 saturated heterocycles. The van der Waals surface area contributed by atoms with E-state index in [0.29, 0.717) is 31.6 Å². The van der Waals surface area contributed by atoms with Gasteiger partial charge in [-0.3, -0.25) is 37.3 Å². The van der Waals surface area contributed by atoms with Crippen LogP contribution in [0.2, 0.25) is 0 Å². The Balaban J connectivity index is 5.24. The number of phosphoric acid groups is 2. The summed E-state index contributed by atoms with van der Waals surface area (Å²) in [5.74, 6) is -0.00263. The average molecular weight is 1200 g/mol. The Morgan fingerprint density at radius 1 is 0.333 bits per heavy atom. The van der Waals surface area contributed by atoms with Crippen molar-refractivity contribution in [1.82, 2.24) is 0 Å². The molecule has 81 heavy (non-hydrogen) atoms. The molecule has 19 heteroatoms. The molecule has 2 unspecified atom stereocenters. The highest BCUT2D eigenvalue weighted by atomic mass is 31.2. The van der Waals surface area contributed by atoms with E-state index in [4.69, 9.17) is 37.0 Å². The van der Waals surface area contributed by atoms with Crippen LogP contribution in [0.3, 0.4) is 0 Å². The van der Waals surface area contributed by atoms with E-state index in [1.807, 2.05) is 0 Å². The first-order chi connectivity index (χ1) is 38.7. The van der Waals surface area contributed by atoms with Gasteiger partial charge in [0.1, 0.15) is 19.3 Å². The predicted octanol–water partition coefficient (Wildman–Crippen LogP) is 16.7. The van der Waals surface area contributed by atoms with Crippen molar-refractivity contribution in [3.05, 3.63) is 0 Å². The number of esters is 4. The van der Waals surface area contributed by atoms with E-state index >= 15 is 0 Å². The van der Waals surface area contributed by atoms with Gasteiger partial charge in [0, 0.05) is 25.7 Å². The predicted molar refractivity (Wildman–Crippen MR) is 321 cm³/mol. The van der Waals surface area contributed by atoms with Gasteiger partial charge in [0.25, 0.3) is 0 Å². The van der Waals surface area contributed by atoms with Crippen LogP contribution in [0.4, 0.5) is 0 Å². The fourth-order valence-electron chi connectivity index (χ4n) is 9.13. The van der Waals surface area contributed by atoms with Gasteiger partial charge >= 0.3 is 39.5 Å². The van der Waals surface area contributed by atoms with Crippen molar-refractivity contribution in [2.75, 3.05) is 39.6 Å². The molecule has 0 aromatic rings. The molecular weight excluding hydrogens is 1080 g/mol. The van der Waals surface area contributed by atoms with E-state index in [2.05, 4.69) is 48.5 Å². The number of aliphatic hydroxyl groups is 1. The number of rotatable bonds is 60. The molecule has 0 fully saturated rings. The highest BCUT2D eigenvalue weighted by molar-refractivity contribution is 7.47. The monoisotopic (exact) mass is 1200 g/mol. The summed E-state index contributed by atoms with van der Waals surface area (Å²) >= 11 is 0. The second kappa shape index (κ2) is 53.5. The van der Waals surface area contributed by atoms with Crippen LogP contribution in [0.25, 0.3) is 0 Å². The molecule has 0 spiro atoms. The summed E-state index contributed by atoms with van der Waals surface area (Å²) in [6.07, 6.45) is 33.6. The normalized spacial score (nSPS) is 14.4. The topological polar surface area (TPSA) is 237 Å². The van der Waals surface area contributed by atoms with Crippen LogP contribution >= 0.6 is 15.6 Å². The number of ether oxygens (including phenoxy) is 4. The van der Waals surface area contributed by atoms with Gasteiger partial charge in [-0.05, 0) is 43.4 Å². The van der Waals surface area contributed by atoms with Crippen molar-refractivity contribution in [3.8, 4) is 0 Å². The van der Waals surface area contributed by atoms with Crippen molar-refractivity contribution in [2.24, 2.45) is 17.8 Å². The van der Waals surface area contributed by atoms with Crippen molar-refractivity contribution >= 4 is 39.5 Å². The molecule has 0 radical (unpaired) electrons. The van der Waals surface area contributed by atoms with E-state index in [9.17, 15) is 43.2 Å². The molecule has 0 heterocycles. The summed E-state index contributed by atoms with van der Waals surface area (Å²) in [5, 5.41) is 10.5. The molecule has 17 nitrogen and oxygen atoms in total. The van der Waals surface area contributed by atoms with Crippen LogP contribution in [-0.4, -0.2) is 96.7 Å². The lowest BCUT2D eigenvalue weighted by molar-refractivity contribution is -0.161. The second-order valence-electron chi connectivity index (χ2n) is 23.9. The van der Waals surface area contributed by atoms with Crippen LogP contribution in [0, 0.1) is 17.8 Å². The van der Waals surface area contributed by atoms with E-state index in [0.717, 1.165) is 102 Å². The number of hydrogen-bond acceptors (Lipinski definition) is 15. The Morgan fingerprint density at radius 2 is 0.568 bits per heavy atom. The van der Waals surface area contributed by atoms with Crippen LogP contribution in [-0.2, 0) is 65.4 Å². The molecule has 0 aliphatic heterocycles. The molecule has 0 aromatic carbocycles. The second-order valence-corrected chi connectivity index (χ2v) is 26.8. The Hall–Kier alpha value is -1.94. The molecule has 0 amide bonds. The zero-order valence-corrected chi connectivity index (χ0v) is 54.0. The molecule has 5 atom stereocenters. The molecule has 0 bridgehead atoms. The number of unbranched alkanes of at least 4 members (excludes halogenated alkanes) is 28. The Labute approximate surface area is 492 Å². The molecule has 3 N–H and O–H groups in total. The van der Waals surface area contributed by atoms with E-state index < -0.39 is 97.5 Å². The maximum atomic E-state index is 12.9. The molecule has 0 rings (SSSR count). The third-order valence-corrected chi connectivity index (χ3v) is 16.0. The summed E-state index contributed by atoms with van der Waals surface area (Å²) in [6.45, 7) is 11.6. The summed E-state index contributed by atoms with van der Waals surface area (Å²) in [6, 6.07) is 0. The molecule has 480 valence electrons. The lowest BCUT2D eigenvalue weighted by Crippen LogP contribution is -2.30.